The lowest BCUT2D eigenvalue weighted by Crippen LogP contribution is -2.29. The highest BCUT2D eigenvalue weighted by Gasteiger charge is 2.16. The summed E-state index contributed by atoms with van der Waals surface area (Å²) in [5.74, 6) is 0. The van der Waals surface area contributed by atoms with Gasteiger partial charge in [0.05, 0.1) is 5.69 Å². The van der Waals surface area contributed by atoms with E-state index in [1.54, 1.807) is 12.1 Å². The summed E-state index contributed by atoms with van der Waals surface area (Å²) in [7, 11) is -3.75. The summed E-state index contributed by atoms with van der Waals surface area (Å²) in [5.41, 5.74) is 6.53. The second kappa shape index (κ2) is 4.54. The van der Waals surface area contributed by atoms with Gasteiger partial charge in [-0.15, -0.1) is 0 Å². The molecule has 5 nitrogen and oxygen atoms in total. The summed E-state index contributed by atoms with van der Waals surface area (Å²) < 4.78 is 22.4. The van der Waals surface area contributed by atoms with Gasteiger partial charge < -0.3 is 11.1 Å². The molecule has 0 saturated heterocycles. The van der Waals surface area contributed by atoms with Crippen LogP contribution in [0.4, 0.5) is 11.4 Å². The number of benzene rings is 1. The van der Waals surface area contributed by atoms with Crippen molar-refractivity contribution >= 4 is 21.4 Å². The van der Waals surface area contributed by atoms with Crippen molar-refractivity contribution in [3.63, 3.8) is 0 Å². The molecular formula is C11H19N3O2S. The highest BCUT2D eigenvalue weighted by atomic mass is 32.2. The first-order valence-corrected chi connectivity index (χ1v) is 6.91. The standard InChI is InChI=1S/C11H19N3O2S/c1-4-11(2,3)14-8-5-6-10(9(12)7-8)17(13,15)16/h5-7,14H,4,12H2,1-3H3,(H2,13,15,16). The first-order valence-electron chi connectivity index (χ1n) is 5.36. The highest BCUT2D eigenvalue weighted by Crippen LogP contribution is 2.24. The fourth-order valence-corrected chi connectivity index (χ4v) is 2.01. The molecule has 0 unspecified atom stereocenters. The summed E-state index contributed by atoms with van der Waals surface area (Å²) >= 11 is 0. The molecule has 0 fully saturated rings. The smallest absolute Gasteiger partial charge is 0.240 e. The van der Waals surface area contributed by atoms with Crippen molar-refractivity contribution in [1.82, 2.24) is 0 Å². The van der Waals surface area contributed by atoms with Gasteiger partial charge in [0.1, 0.15) is 4.90 Å². The van der Waals surface area contributed by atoms with Crippen LogP contribution in [0.3, 0.4) is 0 Å². The molecule has 96 valence electrons. The largest absolute Gasteiger partial charge is 0.398 e. The zero-order valence-corrected chi connectivity index (χ0v) is 11.1. The van der Waals surface area contributed by atoms with Gasteiger partial charge in [-0.25, -0.2) is 13.6 Å². The molecule has 0 atom stereocenters. The van der Waals surface area contributed by atoms with Crippen LogP contribution in [0, 0.1) is 0 Å². The lowest BCUT2D eigenvalue weighted by molar-refractivity contribution is 0.547. The zero-order valence-electron chi connectivity index (χ0n) is 10.3. The maximum absolute atomic E-state index is 11.2. The second-order valence-electron chi connectivity index (χ2n) is 4.66. The lowest BCUT2D eigenvalue weighted by Gasteiger charge is -2.26. The Morgan fingerprint density at radius 1 is 1.35 bits per heavy atom. The average Bonchev–Trinajstić information content (AvgIpc) is 2.15. The van der Waals surface area contributed by atoms with E-state index < -0.39 is 10.0 Å². The Morgan fingerprint density at radius 3 is 2.35 bits per heavy atom. The molecule has 0 aliphatic heterocycles. The van der Waals surface area contributed by atoms with E-state index in [1.807, 2.05) is 0 Å². The number of primary sulfonamides is 1. The fourth-order valence-electron chi connectivity index (χ4n) is 1.36. The summed E-state index contributed by atoms with van der Waals surface area (Å²) in [5, 5.41) is 8.30. The lowest BCUT2D eigenvalue weighted by atomic mass is 10.0. The average molecular weight is 257 g/mol. The van der Waals surface area contributed by atoms with E-state index in [0.29, 0.717) is 0 Å². The summed E-state index contributed by atoms with van der Waals surface area (Å²) in [6, 6.07) is 4.66. The van der Waals surface area contributed by atoms with Crippen LogP contribution < -0.4 is 16.2 Å². The Labute approximate surface area is 102 Å². The van der Waals surface area contributed by atoms with Gasteiger partial charge in [-0.05, 0) is 38.5 Å². The molecule has 0 saturated carbocycles. The van der Waals surface area contributed by atoms with E-state index >= 15 is 0 Å². The minimum absolute atomic E-state index is 0.0441. The van der Waals surface area contributed by atoms with Crippen molar-refractivity contribution in [3.05, 3.63) is 18.2 Å². The van der Waals surface area contributed by atoms with E-state index in [2.05, 4.69) is 26.1 Å². The topological polar surface area (TPSA) is 98.2 Å². The Hall–Kier alpha value is -1.27. The van der Waals surface area contributed by atoms with Gasteiger partial charge in [0, 0.05) is 11.2 Å². The molecule has 1 rings (SSSR count). The van der Waals surface area contributed by atoms with E-state index in [0.717, 1.165) is 12.1 Å². The molecule has 0 heterocycles. The molecule has 1 aromatic carbocycles. The highest BCUT2D eigenvalue weighted by molar-refractivity contribution is 7.89. The van der Waals surface area contributed by atoms with Crippen LogP contribution in [0.5, 0.6) is 0 Å². The van der Waals surface area contributed by atoms with Crippen molar-refractivity contribution in [3.8, 4) is 0 Å². The van der Waals surface area contributed by atoms with Crippen LogP contribution in [0.2, 0.25) is 0 Å². The van der Waals surface area contributed by atoms with E-state index in [4.69, 9.17) is 10.9 Å². The van der Waals surface area contributed by atoms with E-state index in [-0.39, 0.29) is 16.1 Å². The molecule has 0 aliphatic carbocycles. The second-order valence-corrected chi connectivity index (χ2v) is 6.19. The van der Waals surface area contributed by atoms with Gasteiger partial charge in [0.2, 0.25) is 10.0 Å². The Morgan fingerprint density at radius 2 is 1.94 bits per heavy atom. The number of hydrogen-bond acceptors (Lipinski definition) is 4. The molecule has 0 radical (unpaired) electrons. The quantitative estimate of drug-likeness (QED) is 0.712. The number of nitrogens with one attached hydrogen (secondary N) is 1. The van der Waals surface area contributed by atoms with E-state index in [9.17, 15) is 8.42 Å². The van der Waals surface area contributed by atoms with Crippen molar-refractivity contribution in [2.24, 2.45) is 5.14 Å². The van der Waals surface area contributed by atoms with Gasteiger partial charge in [-0.3, -0.25) is 0 Å². The van der Waals surface area contributed by atoms with Gasteiger partial charge >= 0.3 is 0 Å². The molecule has 6 heteroatoms. The van der Waals surface area contributed by atoms with Gasteiger partial charge in [-0.1, -0.05) is 6.92 Å². The third kappa shape index (κ3) is 3.61. The minimum Gasteiger partial charge on any atom is -0.398 e. The first kappa shape index (κ1) is 13.8. The number of nitrogen functional groups attached to an aromatic ring is 1. The van der Waals surface area contributed by atoms with Crippen LogP contribution in [0.1, 0.15) is 27.2 Å². The monoisotopic (exact) mass is 257 g/mol. The first-order chi connectivity index (χ1) is 7.65. The molecule has 0 spiro atoms. The number of nitrogens with two attached hydrogens (primary N) is 2. The minimum atomic E-state index is -3.75. The predicted molar refractivity (Wildman–Crippen MR) is 70.2 cm³/mol. The Kier molecular flexibility index (Phi) is 3.68. The van der Waals surface area contributed by atoms with Crippen molar-refractivity contribution in [2.75, 3.05) is 11.1 Å². The Balaban J connectivity index is 3.06. The number of anilines is 2. The summed E-state index contributed by atoms with van der Waals surface area (Å²) in [6.45, 7) is 6.17. The predicted octanol–water partition coefficient (Wildman–Crippen LogP) is 1.52. The van der Waals surface area contributed by atoms with Crippen LogP contribution in [-0.4, -0.2) is 14.0 Å². The summed E-state index contributed by atoms with van der Waals surface area (Å²) in [6.07, 6.45) is 0.934. The molecule has 0 aliphatic rings. The third-order valence-electron chi connectivity index (χ3n) is 2.68. The molecule has 17 heavy (non-hydrogen) atoms. The maximum Gasteiger partial charge on any atom is 0.240 e. The number of sulfonamides is 1. The van der Waals surface area contributed by atoms with Crippen LogP contribution in [-0.2, 0) is 10.0 Å². The molecule has 1 aromatic rings. The van der Waals surface area contributed by atoms with Gasteiger partial charge in [-0.2, -0.15) is 0 Å². The van der Waals surface area contributed by atoms with Crippen molar-refractivity contribution < 1.29 is 8.42 Å². The van der Waals surface area contributed by atoms with Gasteiger partial charge in [0.25, 0.3) is 0 Å². The maximum atomic E-state index is 11.2. The molecular weight excluding hydrogens is 238 g/mol. The number of rotatable bonds is 4. The number of hydrogen-bond donors (Lipinski definition) is 3. The van der Waals surface area contributed by atoms with Crippen molar-refractivity contribution in [2.45, 2.75) is 37.6 Å². The molecule has 5 N–H and O–H groups in total. The SMILES string of the molecule is CCC(C)(C)Nc1ccc(S(N)(=O)=O)c(N)c1. The van der Waals surface area contributed by atoms with Crippen molar-refractivity contribution in [1.29, 1.82) is 0 Å². The molecule has 0 amide bonds. The van der Waals surface area contributed by atoms with E-state index in [1.165, 1.54) is 6.07 Å². The zero-order chi connectivity index (χ0) is 13.3. The van der Waals surface area contributed by atoms with Gasteiger partial charge in [0.15, 0.2) is 0 Å². The van der Waals surface area contributed by atoms with Crippen LogP contribution in [0.15, 0.2) is 23.1 Å². The molecule has 0 bridgehead atoms. The molecule has 0 aromatic heterocycles. The summed E-state index contributed by atoms with van der Waals surface area (Å²) in [4.78, 5) is -0.0441. The normalized spacial score (nSPS) is 12.5. The van der Waals surface area contributed by atoms with Crippen LogP contribution in [0.25, 0.3) is 0 Å². The fraction of sp³-hybridized carbons (Fsp3) is 0.455. The van der Waals surface area contributed by atoms with Crippen LogP contribution >= 0.6 is 0 Å². The third-order valence-corrected chi connectivity index (χ3v) is 3.67. The Bertz CT molecular complexity index is 509.